The van der Waals surface area contributed by atoms with Crippen LogP contribution in [-0.2, 0) is 9.59 Å². The van der Waals surface area contributed by atoms with Crippen LogP contribution in [0.1, 0.15) is 20.8 Å². The van der Waals surface area contributed by atoms with Crippen LogP contribution in [0.3, 0.4) is 0 Å². The zero-order valence-corrected chi connectivity index (χ0v) is 17.2. The summed E-state index contributed by atoms with van der Waals surface area (Å²) in [6, 6.07) is 0. The van der Waals surface area contributed by atoms with Crippen LogP contribution in [0.4, 0.5) is 17.3 Å². The van der Waals surface area contributed by atoms with Gasteiger partial charge in [-0.25, -0.2) is 0 Å². The number of carbonyl (C=O) groups excluding carboxylic acids is 2. The molecule has 3 saturated heterocycles. The largest absolute Gasteiger partial charge is 0.673 e. The Hall–Kier alpha value is -1.57. The van der Waals surface area contributed by atoms with Gasteiger partial charge in [0.2, 0.25) is 11.6 Å². The molecule has 0 aromatic heterocycles. The molecule has 4 aliphatic rings. The van der Waals surface area contributed by atoms with Gasteiger partial charge in [-0.3, -0.25) is 9.59 Å². The zero-order chi connectivity index (χ0) is 20.6. The molecule has 0 bridgehead atoms. The predicted octanol–water partition coefficient (Wildman–Crippen LogP) is 1.87. The van der Waals surface area contributed by atoms with E-state index in [1.54, 1.807) is 0 Å². The normalized spacial score (nSPS) is 21.3. The second-order valence-corrected chi connectivity index (χ2v) is 10.1. The average Bonchev–Trinajstić information content (AvgIpc) is 3.33. The minimum Gasteiger partial charge on any atom is -0.418 e. The van der Waals surface area contributed by atoms with Crippen LogP contribution in [-0.4, -0.2) is 77.9 Å². The van der Waals surface area contributed by atoms with Gasteiger partial charge in [-0.15, -0.1) is 0 Å². The molecule has 27 heavy (non-hydrogen) atoms. The van der Waals surface area contributed by atoms with Gasteiger partial charge in [0, 0.05) is 45.3 Å². The van der Waals surface area contributed by atoms with Crippen molar-refractivity contribution in [3.05, 3.63) is 23.2 Å². The maximum absolute atomic E-state index is 12.4. The molecule has 3 heterocycles. The number of rotatable bonds is 3. The molecule has 1 aliphatic carbocycles. The number of halogens is 4. The third-order valence-electron chi connectivity index (χ3n) is 3.49. The number of allylic oxidation sites excluding steroid dienone is 1. The Labute approximate surface area is 158 Å². The summed E-state index contributed by atoms with van der Waals surface area (Å²) in [7, 11) is -3.99. The van der Waals surface area contributed by atoms with Gasteiger partial charge >= 0.3 is 7.25 Å². The molecule has 5 nitrogen and oxygen atoms in total. The van der Waals surface area contributed by atoms with Crippen LogP contribution in [0, 0.1) is 0 Å². The third kappa shape index (κ3) is 7.91. The molecule has 0 radical (unpaired) electrons. The lowest BCUT2D eigenvalue weighted by Gasteiger charge is -2.21. The molecule has 0 spiro atoms. The number of nitrogens with zero attached hydrogens (tertiary/aromatic N) is 3. The van der Waals surface area contributed by atoms with Crippen LogP contribution < -0.4 is 0 Å². The molecule has 1 unspecified atom stereocenters. The molecule has 0 aromatic carbocycles. The monoisotopic (exact) mass is 409 g/mol. The highest BCUT2D eigenvalue weighted by Gasteiger charge is 2.43. The van der Waals surface area contributed by atoms with E-state index in [1.165, 1.54) is 6.08 Å². The van der Waals surface area contributed by atoms with Gasteiger partial charge in [0.1, 0.15) is 11.4 Å². The molecular weight excluding hydrogens is 384 g/mol. The van der Waals surface area contributed by atoms with E-state index in [1.807, 2.05) is 23.9 Å². The van der Waals surface area contributed by atoms with Crippen molar-refractivity contribution in [2.75, 3.05) is 39.3 Å². The Morgan fingerprint density at radius 1 is 0.852 bits per heavy atom. The third-order valence-corrected chi connectivity index (χ3v) is 3.49. The molecule has 0 aromatic rings. The van der Waals surface area contributed by atoms with E-state index in [4.69, 9.17) is 0 Å². The lowest BCUT2D eigenvalue weighted by Crippen LogP contribution is -2.29. The molecule has 0 amide bonds. The quantitative estimate of drug-likeness (QED) is 0.234. The number of ketones is 2. The van der Waals surface area contributed by atoms with Gasteiger partial charge in [-0.1, -0.05) is 0 Å². The van der Waals surface area contributed by atoms with Gasteiger partial charge in [-0.05, 0) is 30.0 Å². The minimum atomic E-state index is -6.00. The highest BCUT2D eigenvalue weighted by molar-refractivity contribution is 7.18. The second kappa shape index (κ2) is 7.82. The van der Waals surface area contributed by atoms with Crippen molar-refractivity contribution >= 4 is 28.1 Å². The SMILES string of the molecule is CC(C)(C)[PH3+].F[B-](F)(F)F.O=C1C=C(N2CC2)C(=O)C(N2CC2)=C1N1CC1. The van der Waals surface area contributed by atoms with E-state index in [0.717, 1.165) is 39.3 Å². The number of Topliss-reactive ketones (excluding diaryl/α,β-unsaturated/α-hetero) is 1. The fraction of sp³-hybridized carbons (Fsp3) is 0.625. The van der Waals surface area contributed by atoms with Crippen LogP contribution in [0.5, 0.6) is 0 Å². The van der Waals surface area contributed by atoms with Gasteiger partial charge in [0.15, 0.2) is 0 Å². The van der Waals surface area contributed by atoms with Crippen molar-refractivity contribution < 1.29 is 26.9 Å². The Balaban J connectivity index is 0.000000221. The van der Waals surface area contributed by atoms with Crippen molar-refractivity contribution in [3.63, 3.8) is 0 Å². The molecule has 1 atom stereocenters. The molecule has 0 saturated carbocycles. The smallest absolute Gasteiger partial charge is 0.418 e. The topological polar surface area (TPSA) is 43.2 Å². The first-order valence-electron chi connectivity index (χ1n) is 8.78. The standard InChI is InChI=1S/C12H13N3O2.C4H11P.BF4/c16-9-7-8(13-1-2-13)12(17)11(15-5-6-15)10(9)14-3-4-14;1-4(2,3)5;2-1(3,4)5/h7H,1-6H2;5H2,1-3H3;/q;;-1/p+1. The van der Waals surface area contributed by atoms with Crippen LogP contribution >= 0.6 is 9.24 Å². The molecule has 3 aliphatic heterocycles. The maximum Gasteiger partial charge on any atom is 0.673 e. The van der Waals surface area contributed by atoms with Gasteiger partial charge < -0.3 is 32.0 Å². The summed E-state index contributed by atoms with van der Waals surface area (Å²) in [6.07, 6.45) is 1.52. The van der Waals surface area contributed by atoms with Crippen molar-refractivity contribution in [2.45, 2.75) is 25.9 Å². The Bertz CT molecular complexity index is 652. The molecular formula is C16H25BF4N3O2P. The summed E-state index contributed by atoms with van der Waals surface area (Å²) in [5.74, 6) is 0.0485. The first-order valence-corrected chi connectivity index (χ1v) is 9.49. The van der Waals surface area contributed by atoms with Crippen molar-refractivity contribution in [2.24, 2.45) is 0 Å². The summed E-state index contributed by atoms with van der Waals surface area (Å²) < 4.78 is 39.0. The Morgan fingerprint density at radius 3 is 1.52 bits per heavy atom. The lowest BCUT2D eigenvalue weighted by molar-refractivity contribution is -0.117. The van der Waals surface area contributed by atoms with E-state index >= 15 is 0 Å². The van der Waals surface area contributed by atoms with Crippen molar-refractivity contribution in [3.8, 4) is 0 Å². The number of hydrogen-bond donors (Lipinski definition) is 0. The predicted molar refractivity (Wildman–Crippen MR) is 101 cm³/mol. The van der Waals surface area contributed by atoms with Crippen LogP contribution in [0.25, 0.3) is 0 Å². The Morgan fingerprint density at radius 2 is 1.19 bits per heavy atom. The summed E-state index contributed by atoms with van der Waals surface area (Å²) in [5, 5.41) is 0.528. The van der Waals surface area contributed by atoms with Crippen LogP contribution in [0.2, 0.25) is 0 Å². The van der Waals surface area contributed by atoms with E-state index in [2.05, 4.69) is 20.8 Å². The summed E-state index contributed by atoms with van der Waals surface area (Å²) >= 11 is 0. The highest BCUT2D eigenvalue weighted by Crippen LogP contribution is 2.33. The highest BCUT2D eigenvalue weighted by atomic mass is 31.0. The van der Waals surface area contributed by atoms with E-state index in [0.29, 0.717) is 22.2 Å². The molecule has 152 valence electrons. The lowest BCUT2D eigenvalue weighted by atomic mass is 10.0. The van der Waals surface area contributed by atoms with Gasteiger partial charge in [0.05, 0.1) is 10.9 Å². The maximum atomic E-state index is 12.4. The van der Waals surface area contributed by atoms with Gasteiger partial charge in [0.25, 0.3) is 0 Å². The molecule has 0 N–H and O–H groups in total. The zero-order valence-electron chi connectivity index (χ0n) is 15.8. The first kappa shape index (κ1) is 21.7. The van der Waals surface area contributed by atoms with E-state index in [-0.39, 0.29) is 11.6 Å². The minimum absolute atomic E-state index is 0.00546. The van der Waals surface area contributed by atoms with E-state index in [9.17, 15) is 26.9 Å². The van der Waals surface area contributed by atoms with Gasteiger partial charge in [-0.2, -0.15) is 0 Å². The second-order valence-electron chi connectivity index (χ2n) is 7.94. The fourth-order valence-corrected chi connectivity index (χ4v) is 2.28. The summed E-state index contributed by atoms with van der Waals surface area (Å²) in [4.78, 5) is 30.5. The van der Waals surface area contributed by atoms with Crippen LogP contribution in [0.15, 0.2) is 23.2 Å². The van der Waals surface area contributed by atoms with Crippen molar-refractivity contribution in [1.29, 1.82) is 0 Å². The average molecular weight is 409 g/mol. The summed E-state index contributed by atoms with van der Waals surface area (Å²) in [5.41, 5.74) is 1.89. The molecule has 4 rings (SSSR count). The first-order chi connectivity index (χ1) is 12.3. The van der Waals surface area contributed by atoms with E-state index < -0.39 is 7.25 Å². The number of carbonyl (C=O) groups is 2. The molecule has 11 heteroatoms. The Kier molecular flexibility index (Phi) is 6.29. The summed E-state index contributed by atoms with van der Waals surface area (Å²) in [6.45, 7) is 12.0. The van der Waals surface area contributed by atoms with Crippen molar-refractivity contribution in [1.82, 2.24) is 14.7 Å². The fourth-order valence-electron chi connectivity index (χ4n) is 2.28. The molecule has 3 fully saturated rings. The number of hydrogen-bond acceptors (Lipinski definition) is 5.